The third-order valence-corrected chi connectivity index (χ3v) is 5.43. The van der Waals surface area contributed by atoms with Crippen LogP contribution in [-0.4, -0.2) is 40.8 Å². The zero-order valence-corrected chi connectivity index (χ0v) is 17.3. The van der Waals surface area contributed by atoms with Gasteiger partial charge in [-0.3, -0.25) is 9.10 Å². The van der Waals surface area contributed by atoms with E-state index in [9.17, 15) is 13.2 Å². The Morgan fingerprint density at radius 2 is 1.71 bits per heavy atom. The summed E-state index contributed by atoms with van der Waals surface area (Å²) >= 11 is 0. The van der Waals surface area contributed by atoms with Gasteiger partial charge >= 0.3 is 0 Å². The summed E-state index contributed by atoms with van der Waals surface area (Å²) in [7, 11) is -0.552. The average Bonchev–Trinajstić information content (AvgIpc) is 2.69. The fourth-order valence-corrected chi connectivity index (χ4v) is 4.14. The van der Waals surface area contributed by atoms with Crippen molar-refractivity contribution in [1.82, 2.24) is 5.32 Å². The van der Waals surface area contributed by atoms with Crippen molar-refractivity contribution >= 4 is 21.6 Å². The second-order valence-electron chi connectivity index (χ2n) is 6.23. The zero-order chi connectivity index (χ0) is 20.7. The Kier molecular flexibility index (Phi) is 7.28. The van der Waals surface area contributed by atoms with Crippen molar-refractivity contribution < 1.29 is 22.7 Å². The Morgan fingerprint density at radius 1 is 1.07 bits per heavy atom. The molecule has 0 saturated carbocycles. The maximum Gasteiger partial charge on any atom is 0.244 e. The van der Waals surface area contributed by atoms with Crippen molar-refractivity contribution in [2.45, 2.75) is 25.9 Å². The van der Waals surface area contributed by atoms with Gasteiger partial charge in [-0.1, -0.05) is 31.2 Å². The first kappa shape index (κ1) is 21.6. The molecule has 0 saturated heterocycles. The van der Waals surface area contributed by atoms with Crippen molar-refractivity contribution in [3.05, 3.63) is 54.1 Å². The third kappa shape index (κ3) is 5.16. The maximum absolute atomic E-state index is 12.8. The molecule has 0 aromatic heterocycles. The molecule has 0 spiro atoms. The summed E-state index contributed by atoms with van der Waals surface area (Å²) in [6.07, 6.45) is 1.43. The Bertz CT molecular complexity index is 900. The molecule has 1 atom stereocenters. The highest BCUT2D eigenvalue weighted by atomic mass is 32.2. The van der Waals surface area contributed by atoms with Crippen LogP contribution >= 0.6 is 0 Å². The number of methoxy groups -OCH3 is 2. The number of para-hydroxylation sites is 1. The van der Waals surface area contributed by atoms with Crippen molar-refractivity contribution in [3.63, 3.8) is 0 Å². The fraction of sp³-hybridized carbons (Fsp3) is 0.350. The van der Waals surface area contributed by atoms with Crippen LogP contribution in [0.3, 0.4) is 0 Å². The molecule has 0 bridgehead atoms. The van der Waals surface area contributed by atoms with Crippen LogP contribution in [0.1, 0.15) is 18.9 Å². The van der Waals surface area contributed by atoms with Crippen molar-refractivity contribution in [2.24, 2.45) is 0 Å². The molecule has 28 heavy (non-hydrogen) atoms. The Labute approximate surface area is 166 Å². The van der Waals surface area contributed by atoms with Crippen LogP contribution in [0.2, 0.25) is 0 Å². The van der Waals surface area contributed by atoms with Gasteiger partial charge in [-0.15, -0.1) is 0 Å². The number of amides is 1. The minimum Gasteiger partial charge on any atom is -0.493 e. The number of carbonyl (C=O) groups is 1. The number of anilines is 1. The average molecular weight is 407 g/mol. The molecule has 2 rings (SSSR count). The minimum absolute atomic E-state index is 0.238. The number of carbonyl (C=O) groups excluding carboxylic acids is 1. The molecule has 152 valence electrons. The standard InChI is InChI=1S/C20H26N2O5S/c1-5-17(22(28(4,24)25)16-9-7-6-8-10-16)20(23)21-14-15-11-12-18(26-2)19(13-15)27-3/h6-13,17H,5,14H2,1-4H3,(H,21,23). The Hall–Kier alpha value is -2.74. The summed E-state index contributed by atoms with van der Waals surface area (Å²) in [4.78, 5) is 12.8. The lowest BCUT2D eigenvalue weighted by atomic mass is 10.1. The predicted molar refractivity (Wildman–Crippen MR) is 109 cm³/mol. The molecule has 0 aliphatic carbocycles. The van der Waals surface area contributed by atoms with Crippen LogP contribution in [0.15, 0.2) is 48.5 Å². The molecular formula is C20H26N2O5S. The van der Waals surface area contributed by atoms with Gasteiger partial charge in [-0.2, -0.15) is 0 Å². The quantitative estimate of drug-likeness (QED) is 0.692. The number of nitrogens with zero attached hydrogens (tertiary/aromatic N) is 1. The normalized spacial score (nSPS) is 12.1. The largest absolute Gasteiger partial charge is 0.493 e. The summed E-state index contributed by atoms with van der Waals surface area (Å²) in [5.74, 6) is 0.784. The number of hydrogen-bond acceptors (Lipinski definition) is 5. The van der Waals surface area contributed by atoms with E-state index in [1.165, 1.54) is 7.11 Å². The summed E-state index contributed by atoms with van der Waals surface area (Å²) in [5, 5.41) is 2.82. The molecular weight excluding hydrogens is 380 g/mol. The molecule has 1 amide bonds. The number of rotatable bonds is 9. The molecule has 0 aliphatic rings. The number of nitrogens with one attached hydrogen (secondary N) is 1. The van der Waals surface area contributed by atoms with Gasteiger partial charge in [0, 0.05) is 6.54 Å². The molecule has 2 aromatic carbocycles. The second kappa shape index (κ2) is 9.45. The van der Waals surface area contributed by atoms with E-state index in [4.69, 9.17) is 9.47 Å². The first-order valence-corrected chi connectivity index (χ1v) is 10.7. The van der Waals surface area contributed by atoms with E-state index >= 15 is 0 Å². The topological polar surface area (TPSA) is 84.9 Å². The van der Waals surface area contributed by atoms with E-state index in [1.807, 2.05) is 6.07 Å². The number of benzene rings is 2. The van der Waals surface area contributed by atoms with Gasteiger partial charge in [0.05, 0.1) is 26.2 Å². The lowest BCUT2D eigenvalue weighted by molar-refractivity contribution is -0.122. The Morgan fingerprint density at radius 3 is 2.25 bits per heavy atom. The summed E-state index contributed by atoms with van der Waals surface area (Å²) in [6, 6.07) is 13.1. The van der Waals surface area contributed by atoms with E-state index in [0.717, 1.165) is 16.1 Å². The fourth-order valence-electron chi connectivity index (χ4n) is 2.93. The van der Waals surface area contributed by atoms with Gasteiger partial charge in [0.25, 0.3) is 0 Å². The van der Waals surface area contributed by atoms with E-state index in [1.54, 1.807) is 56.5 Å². The van der Waals surface area contributed by atoms with Gasteiger partial charge in [0.1, 0.15) is 6.04 Å². The molecule has 7 nitrogen and oxygen atoms in total. The van der Waals surface area contributed by atoms with Crippen molar-refractivity contribution in [2.75, 3.05) is 24.8 Å². The molecule has 0 fully saturated rings. The lowest BCUT2D eigenvalue weighted by Gasteiger charge is -2.30. The highest BCUT2D eigenvalue weighted by molar-refractivity contribution is 7.92. The molecule has 2 aromatic rings. The zero-order valence-electron chi connectivity index (χ0n) is 16.5. The first-order valence-electron chi connectivity index (χ1n) is 8.84. The molecule has 0 heterocycles. The van der Waals surface area contributed by atoms with Gasteiger partial charge < -0.3 is 14.8 Å². The lowest BCUT2D eigenvalue weighted by Crippen LogP contribution is -2.49. The smallest absolute Gasteiger partial charge is 0.244 e. The van der Waals surface area contributed by atoms with Crippen LogP contribution < -0.4 is 19.1 Å². The van der Waals surface area contributed by atoms with E-state index in [2.05, 4.69) is 5.32 Å². The monoisotopic (exact) mass is 406 g/mol. The number of sulfonamides is 1. The first-order chi connectivity index (χ1) is 13.3. The van der Waals surface area contributed by atoms with Crippen LogP contribution in [0.25, 0.3) is 0 Å². The summed E-state index contributed by atoms with van der Waals surface area (Å²) < 4.78 is 36.4. The van der Waals surface area contributed by atoms with Gasteiger partial charge in [0.15, 0.2) is 11.5 Å². The van der Waals surface area contributed by atoms with Crippen molar-refractivity contribution in [3.8, 4) is 11.5 Å². The van der Waals surface area contributed by atoms with E-state index < -0.39 is 16.1 Å². The van der Waals surface area contributed by atoms with Gasteiger partial charge in [-0.05, 0) is 36.2 Å². The van der Waals surface area contributed by atoms with Crippen LogP contribution in [0, 0.1) is 0 Å². The minimum atomic E-state index is -3.64. The molecule has 0 aliphatic heterocycles. The molecule has 1 N–H and O–H groups in total. The molecule has 0 radical (unpaired) electrons. The summed E-state index contributed by atoms with van der Waals surface area (Å²) in [6.45, 7) is 2.02. The number of ether oxygens (including phenoxy) is 2. The van der Waals surface area contributed by atoms with Gasteiger partial charge in [0.2, 0.25) is 15.9 Å². The highest BCUT2D eigenvalue weighted by Gasteiger charge is 2.31. The van der Waals surface area contributed by atoms with Crippen LogP contribution in [-0.2, 0) is 21.4 Å². The van der Waals surface area contributed by atoms with Crippen LogP contribution in [0.5, 0.6) is 11.5 Å². The maximum atomic E-state index is 12.8. The van der Waals surface area contributed by atoms with E-state index in [-0.39, 0.29) is 12.5 Å². The Balaban J connectivity index is 2.20. The number of hydrogen-bond donors (Lipinski definition) is 1. The third-order valence-electron chi connectivity index (χ3n) is 4.26. The molecule has 8 heteroatoms. The highest BCUT2D eigenvalue weighted by Crippen LogP contribution is 2.27. The van der Waals surface area contributed by atoms with Crippen LogP contribution in [0.4, 0.5) is 5.69 Å². The van der Waals surface area contributed by atoms with Crippen molar-refractivity contribution in [1.29, 1.82) is 0 Å². The predicted octanol–water partition coefficient (Wildman–Crippen LogP) is 2.56. The second-order valence-corrected chi connectivity index (χ2v) is 8.08. The SMILES string of the molecule is CCC(C(=O)NCc1ccc(OC)c(OC)c1)N(c1ccccc1)S(C)(=O)=O. The van der Waals surface area contributed by atoms with Gasteiger partial charge in [-0.25, -0.2) is 8.42 Å². The van der Waals surface area contributed by atoms with E-state index in [0.29, 0.717) is 23.6 Å². The summed E-state index contributed by atoms with van der Waals surface area (Å²) in [5.41, 5.74) is 1.27. The molecule has 1 unspecified atom stereocenters.